The molecule has 4 nitrogen and oxygen atoms in total. The van der Waals surface area contributed by atoms with Gasteiger partial charge in [0.2, 0.25) is 0 Å². The highest BCUT2D eigenvalue weighted by molar-refractivity contribution is 5.54. The molecule has 4 heteroatoms. The number of nitrogens with one attached hydrogen (secondary N) is 1. The van der Waals surface area contributed by atoms with Gasteiger partial charge in [0, 0.05) is 11.9 Å². The van der Waals surface area contributed by atoms with Crippen molar-refractivity contribution in [3.63, 3.8) is 0 Å². The van der Waals surface area contributed by atoms with Gasteiger partial charge in [0.1, 0.15) is 12.4 Å². The van der Waals surface area contributed by atoms with E-state index in [1.165, 1.54) is 11.9 Å². The van der Waals surface area contributed by atoms with E-state index in [0.29, 0.717) is 5.69 Å². The van der Waals surface area contributed by atoms with Crippen molar-refractivity contribution in [1.82, 2.24) is 9.97 Å². The Bertz CT molecular complexity index is 530. The molecule has 18 heavy (non-hydrogen) atoms. The number of aromatic nitrogens is 2. The van der Waals surface area contributed by atoms with E-state index in [-0.39, 0.29) is 6.04 Å². The van der Waals surface area contributed by atoms with Gasteiger partial charge in [0.25, 0.3) is 0 Å². The minimum Gasteiger partial charge on any atom is -0.385 e. The minimum atomic E-state index is -0.596. The quantitative estimate of drug-likeness (QED) is 0.843. The van der Waals surface area contributed by atoms with Crippen molar-refractivity contribution in [3.8, 4) is 0 Å². The van der Waals surface area contributed by atoms with Crippen molar-refractivity contribution in [1.29, 1.82) is 0 Å². The predicted octanol–water partition coefficient (Wildman–Crippen LogP) is 1.94. The third-order valence-corrected chi connectivity index (χ3v) is 3.37. The van der Waals surface area contributed by atoms with Gasteiger partial charge in [-0.1, -0.05) is 18.2 Å². The van der Waals surface area contributed by atoms with Crippen molar-refractivity contribution in [3.05, 3.63) is 54.1 Å². The summed E-state index contributed by atoms with van der Waals surface area (Å²) in [6.45, 7) is 0. The van der Waals surface area contributed by atoms with Gasteiger partial charge in [0.05, 0.1) is 11.7 Å². The average molecular weight is 241 g/mol. The molecule has 1 aliphatic heterocycles. The van der Waals surface area contributed by atoms with Crippen LogP contribution in [0.25, 0.3) is 0 Å². The van der Waals surface area contributed by atoms with Crippen LogP contribution >= 0.6 is 0 Å². The van der Waals surface area contributed by atoms with Gasteiger partial charge in [-0.2, -0.15) is 0 Å². The first-order valence-corrected chi connectivity index (χ1v) is 6.13. The number of para-hydroxylation sites is 1. The molecule has 0 radical (unpaired) electrons. The largest absolute Gasteiger partial charge is 0.385 e. The Hall–Kier alpha value is -1.94. The summed E-state index contributed by atoms with van der Waals surface area (Å²) in [5.41, 5.74) is 3.09. The number of fused-ring (bicyclic) bond motifs is 1. The summed E-state index contributed by atoms with van der Waals surface area (Å²) in [6.07, 6.45) is 4.41. The zero-order chi connectivity index (χ0) is 12.4. The molecule has 0 saturated heterocycles. The summed E-state index contributed by atoms with van der Waals surface area (Å²) in [6, 6.07) is 9.98. The number of hydrogen-bond donors (Lipinski definition) is 2. The summed E-state index contributed by atoms with van der Waals surface area (Å²) in [5, 5.41) is 13.7. The molecule has 0 aliphatic carbocycles. The molecule has 92 valence electrons. The van der Waals surface area contributed by atoms with Crippen molar-refractivity contribution in [2.24, 2.45) is 0 Å². The van der Waals surface area contributed by atoms with E-state index in [2.05, 4.69) is 21.4 Å². The monoisotopic (exact) mass is 241 g/mol. The fourth-order valence-electron chi connectivity index (χ4n) is 2.38. The van der Waals surface area contributed by atoms with E-state index in [4.69, 9.17) is 0 Å². The Balaban J connectivity index is 1.80. The highest BCUT2D eigenvalue weighted by atomic mass is 16.3. The SMILES string of the molecule is OC(c1ccncn1)C1CCc2ccccc2N1. The second-order valence-corrected chi connectivity index (χ2v) is 4.53. The second kappa shape index (κ2) is 4.74. The predicted molar refractivity (Wildman–Crippen MR) is 69.2 cm³/mol. The van der Waals surface area contributed by atoms with Crippen LogP contribution in [0.5, 0.6) is 0 Å². The Kier molecular flexibility index (Phi) is 2.94. The maximum absolute atomic E-state index is 10.3. The molecule has 1 aromatic heterocycles. The van der Waals surface area contributed by atoms with Crippen LogP contribution in [-0.4, -0.2) is 21.1 Å². The molecule has 2 heterocycles. The molecule has 0 bridgehead atoms. The van der Waals surface area contributed by atoms with Gasteiger partial charge in [0.15, 0.2) is 0 Å². The van der Waals surface area contributed by atoms with E-state index in [0.717, 1.165) is 18.5 Å². The van der Waals surface area contributed by atoms with Gasteiger partial charge in [-0.3, -0.25) is 0 Å². The Morgan fingerprint density at radius 3 is 3.00 bits per heavy atom. The molecule has 0 amide bonds. The van der Waals surface area contributed by atoms with E-state index < -0.39 is 6.10 Å². The molecule has 2 atom stereocenters. The number of rotatable bonds is 2. The molecule has 3 rings (SSSR count). The minimum absolute atomic E-state index is 0.00907. The van der Waals surface area contributed by atoms with E-state index in [1.807, 2.05) is 18.2 Å². The highest BCUT2D eigenvalue weighted by Crippen LogP contribution is 2.29. The normalized spacial score (nSPS) is 19.7. The first kappa shape index (κ1) is 11.2. The third-order valence-electron chi connectivity index (χ3n) is 3.37. The number of benzene rings is 1. The summed E-state index contributed by atoms with van der Waals surface area (Å²) < 4.78 is 0. The Labute approximate surface area is 106 Å². The van der Waals surface area contributed by atoms with Gasteiger partial charge in [-0.25, -0.2) is 9.97 Å². The lowest BCUT2D eigenvalue weighted by molar-refractivity contribution is 0.144. The molecule has 2 unspecified atom stereocenters. The van der Waals surface area contributed by atoms with Crippen molar-refractivity contribution in [2.45, 2.75) is 25.0 Å². The number of aliphatic hydroxyl groups excluding tert-OH is 1. The lowest BCUT2D eigenvalue weighted by Crippen LogP contribution is -2.32. The topological polar surface area (TPSA) is 58.0 Å². The summed E-state index contributed by atoms with van der Waals surface area (Å²) in [5.74, 6) is 0. The molecule has 0 spiro atoms. The fourth-order valence-corrected chi connectivity index (χ4v) is 2.38. The van der Waals surface area contributed by atoms with Crippen LogP contribution in [0.4, 0.5) is 5.69 Å². The zero-order valence-electron chi connectivity index (χ0n) is 9.95. The molecule has 0 saturated carbocycles. The lowest BCUT2D eigenvalue weighted by atomic mass is 9.93. The maximum atomic E-state index is 10.3. The molecular formula is C14H15N3O. The molecule has 2 aromatic rings. The van der Waals surface area contributed by atoms with Crippen LogP contribution < -0.4 is 5.32 Å². The number of hydrogen-bond acceptors (Lipinski definition) is 4. The summed E-state index contributed by atoms with van der Waals surface area (Å²) in [7, 11) is 0. The first-order valence-electron chi connectivity index (χ1n) is 6.13. The third kappa shape index (κ3) is 2.07. The molecule has 0 fully saturated rings. The van der Waals surface area contributed by atoms with Crippen LogP contribution in [0.1, 0.15) is 23.8 Å². The van der Waals surface area contributed by atoms with Gasteiger partial charge < -0.3 is 10.4 Å². The average Bonchev–Trinajstić information content (AvgIpc) is 2.47. The summed E-state index contributed by atoms with van der Waals surface area (Å²) in [4.78, 5) is 7.97. The standard InChI is InChI=1S/C14H15N3O/c18-14(12-7-8-15-9-16-12)13-6-5-10-3-1-2-4-11(10)17-13/h1-4,7-9,13-14,17-18H,5-6H2. The maximum Gasteiger partial charge on any atom is 0.116 e. The number of nitrogens with zero attached hydrogens (tertiary/aromatic N) is 2. The van der Waals surface area contributed by atoms with Crippen LogP contribution in [-0.2, 0) is 6.42 Å². The van der Waals surface area contributed by atoms with Crippen LogP contribution in [0.15, 0.2) is 42.9 Å². The van der Waals surface area contributed by atoms with E-state index in [9.17, 15) is 5.11 Å². The van der Waals surface area contributed by atoms with E-state index in [1.54, 1.807) is 12.3 Å². The Morgan fingerprint density at radius 1 is 1.28 bits per heavy atom. The van der Waals surface area contributed by atoms with Crippen LogP contribution in [0.2, 0.25) is 0 Å². The second-order valence-electron chi connectivity index (χ2n) is 4.53. The molecule has 2 N–H and O–H groups in total. The zero-order valence-corrected chi connectivity index (χ0v) is 9.95. The van der Waals surface area contributed by atoms with Gasteiger partial charge in [-0.05, 0) is 30.5 Å². The van der Waals surface area contributed by atoms with E-state index >= 15 is 0 Å². The van der Waals surface area contributed by atoms with Crippen LogP contribution in [0.3, 0.4) is 0 Å². The van der Waals surface area contributed by atoms with Crippen molar-refractivity contribution < 1.29 is 5.11 Å². The van der Waals surface area contributed by atoms with Crippen molar-refractivity contribution >= 4 is 5.69 Å². The van der Waals surface area contributed by atoms with Gasteiger partial charge >= 0.3 is 0 Å². The molecule has 1 aliphatic rings. The van der Waals surface area contributed by atoms with Crippen molar-refractivity contribution in [2.75, 3.05) is 5.32 Å². The number of aryl methyl sites for hydroxylation is 1. The number of aliphatic hydroxyl groups is 1. The van der Waals surface area contributed by atoms with Gasteiger partial charge in [-0.15, -0.1) is 0 Å². The number of anilines is 1. The molecule has 1 aromatic carbocycles. The lowest BCUT2D eigenvalue weighted by Gasteiger charge is -2.30. The van der Waals surface area contributed by atoms with Crippen LogP contribution in [0, 0.1) is 0 Å². The highest BCUT2D eigenvalue weighted by Gasteiger charge is 2.25. The molecular weight excluding hydrogens is 226 g/mol. The Morgan fingerprint density at radius 2 is 2.17 bits per heavy atom. The fraction of sp³-hybridized carbons (Fsp3) is 0.286. The smallest absolute Gasteiger partial charge is 0.116 e. The first-order chi connectivity index (χ1) is 8.84. The summed E-state index contributed by atoms with van der Waals surface area (Å²) >= 11 is 0.